The second-order valence-electron chi connectivity index (χ2n) is 4.14. The Morgan fingerprint density at radius 2 is 2.05 bits per heavy atom. The Hall–Kier alpha value is -3.20. The number of para-hydroxylation sites is 1. The molecule has 0 aliphatic carbocycles. The van der Waals surface area contributed by atoms with E-state index in [1.165, 1.54) is 16.8 Å². The smallest absolute Gasteiger partial charge is 0.335 e. The van der Waals surface area contributed by atoms with E-state index in [1.54, 1.807) is 6.07 Å². The van der Waals surface area contributed by atoms with Gasteiger partial charge in [0.05, 0.1) is 22.3 Å². The molecule has 0 aliphatic rings. The maximum absolute atomic E-state index is 10.9. The summed E-state index contributed by atoms with van der Waals surface area (Å²) in [5.74, 6) is -1.07. The van der Waals surface area contributed by atoms with Crippen molar-refractivity contribution in [3.05, 3.63) is 53.6 Å². The molecule has 1 N–H and O–H groups in total. The lowest BCUT2D eigenvalue weighted by Crippen LogP contribution is -2.03. The van der Waals surface area contributed by atoms with Gasteiger partial charge in [-0.3, -0.25) is 0 Å². The first-order chi connectivity index (χ1) is 9.70. The van der Waals surface area contributed by atoms with Gasteiger partial charge in [0.25, 0.3) is 0 Å². The van der Waals surface area contributed by atoms with Gasteiger partial charge in [0.15, 0.2) is 0 Å². The van der Waals surface area contributed by atoms with Crippen molar-refractivity contribution in [3.8, 4) is 11.8 Å². The number of aromatic carboxylic acids is 1. The van der Waals surface area contributed by atoms with E-state index >= 15 is 0 Å². The molecule has 3 rings (SSSR count). The van der Waals surface area contributed by atoms with Gasteiger partial charge >= 0.3 is 5.97 Å². The molecule has 1 aromatic heterocycles. The summed E-state index contributed by atoms with van der Waals surface area (Å²) in [5.41, 5.74) is 2.27. The van der Waals surface area contributed by atoms with Gasteiger partial charge in [-0.15, -0.1) is 5.10 Å². The van der Waals surface area contributed by atoms with Crippen LogP contribution in [0.5, 0.6) is 0 Å². The number of carboxylic acids is 1. The van der Waals surface area contributed by atoms with E-state index in [4.69, 9.17) is 5.11 Å². The molecule has 96 valence electrons. The molecule has 0 radical (unpaired) electrons. The third-order valence-corrected chi connectivity index (χ3v) is 2.94. The Labute approximate surface area is 113 Å². The first-order valence-corrected chi connectivity index (χ1v) is 5.79. The van der Waals surface area contributed by atoms with Crippen molar-refractivity contribution in [3.63, 3.8) is 0 Å². The van der Waals surface area contributed by atoms with Crippen molar-refractivity contribution >= 4 is 17.0 Å². The number of nitriles is 1. The third-order valence-electron chi connectivity index (χ3n) is 2.94. The topological polar surface area (TPSA) is 91.8 Å². The van der Waals surface area contributed by atoms with E-state index in [-0.39, 0.29) is 11.1 Å². The fraction of sp³-hybridized carbons (Fsp3) is 0. The highest BCUT2D eigenvalue weighted by Crippen LogP contribution is 2.20. The van der Waals surface area contributed by atoms with Crippen LogP contribution >= 0.6 is 0 Å². The summed E-state index contributed by atoms with van der Waals surface area (Å²) in [6.45, 7) is 0. The van der Waals surface area contributed by atoms with Crippen LogP contribution in [0.1, 0.15) is 15.9 Å². The van der Waals surface area contributed by atoms with Gasteiger partial charge in [-0.25, -0.2) is 9.48 Å². The highest BCUT2D eigenvalue weighted by atomic mass is 16.4. The summed E-state index contributed by atoms with van der Waals surface area (Å²) in [5, 5.41) is 26.2. The minimum atomic E-state index is -1.07. The minimum absolute atomic E-state index is 0.0646. The first-order valence-electron chi connectivity index (χ1n) is 5.79. The number of aromatic nitrogens is 3. The van der Waals surface area contributed by atoms with Crippen LogP contribution < -0.4 is 0 Å². The van der Waals surface area contributed by atoms with Crippen LogP contribution in [-0.2, 0) is 0 Å². The average molecular weight is 264 g/mol. The zero-order valence-corrected chi connectivity index (χ0v) is 10.2. The Balaban J connectivity index is 2.24. The van der Waals surface area contributed by atoms with Crippen LogP contribution in [0.3, 0.4) is 0 Å². The Kier molecular flexibility index (Phi) is 2.66. The average Bonchev–Trinajstić information content (AvgIpc) is 2.90. The lowest BCUT2D eigenvalue weighted by Gasteiger charge is -2.05. The minimum Gasteiger partial charge on any atom is -0.478 e. The van der Waals surface area contributed by atoms with Crippen LogP contribution in [0.2, 0.25) is 0 Å². The van der Waals surface area contributed by atoms with Crippen molar-refractivity contribution in [2.45, 2.75) is 0 Å². The zero-order valence-electron chi connectivity index (χ0n) is 10.2. The summed E-state index contributed by atoms with van der Waals surface area (Å²) in [6, 6.07) is 13.7. The maximum Gasteiger partial charge on any atom is 0.335 e. The number of hydrogen-bond acceptors (Lipinski definition) is 4. The normalized spacial score (nSPS) is 10.3. The molecule has 0 saturated heterocycles. The first kappa shape index (κ1) is 11.9. The van der Waals surface area contributed by atoms with Gasteiger partial charge < -0.3 is 5.11 Å². The van der Waals surface area contributed by atoms with E-state index in [0.717, 1.165) is 5.52 Å². The Bertz CT molecular complexity index is 861. The lowest BCUT2D eigenvalue weighted by molar-refractivity contribution is 0.0697. The molecule has 0 unspecified atom stereocenters. The molecule has 0 bridgehead atoms. The molecule has 20 heavy (non-hydrogen) atoms. The number of carbonyl (C=O) groups is 1. The van der Waals surface area contributed by atoms with Crippen molar-refractivity contribution in [2.24, 2.45) is 0 Å². The SMILES string of the molecule is N#Cc1cc(C(=O)O)ccc1-n1nnc2ccccc21. The van der Waals surface area contributed by atoms with Crippen LogP contribution in [0.15, 0.2) is 42.5 Å². The molecule has 0 fully saturated rings. The fourth-order valence-corrected chi connectivity index (χ4v) is 1.99. The predicted molar refractivity (Wildman–Crippen MR) is 70.5 cm³/mol. The second kappa shape index (κ2) is 4.48. The number of nitrogens with zero attached hydrogens (tertiary/aromatic N) is 4. The molecule has 0 spiro atoms. The van der Waals surface area contributed by atoms with E-state index in [1.807, 2.05) is 30.3 Å². The van der Waals surface area contributed by atoms with Crippen molar-refractivity contribution < 1.29 is 9.90 Å². The summed E-state index contributed by atoms with van der Waals surface area (Å²) in [7, 11) is 0. The summed E-state index contributed by atoms with van der Waals surface area (Å²) in [6.07, 6.45) is 0. The molecule has 0 atom stereocenters. The van der Waals surface area contributed by atoms with Gasteiger partial charge in [0.1, 0.15) is 11.6 Å². The van der Waals surface area contributed by atoms with Crippen molar-refractivity contribution in [2.75, 3.05) is 0 Å². The quantitative estimate of drug-likeness (QED) is 0.764. The Morgan fingerprint density at radius 1 is 1.25 bits per heavy atom. The van der Waals surface area contributed by atoms with Crippen molar-refractivity contribution in [1.82, 2.24) is 15.0 Å². The molecule has 6 nitrogen and oxygen atoms in total. The molecule has 1 heterocycles. The van der Waals surface area contributed by atoms with E-state index in [0.29, 0.717) is 11.2 Å². The molecular formula is C14H8N4O2. The summed E-state index contributed by atoms with van der Waals surface area (Å²) in [4.78, 5) is 10.9. The summed E-state index contributed by atoms with van der Waals surface area (Å²) < 4.78 is 1.53. The molecule has 2 aromatic carbocycles. The summed E-state index contributed by atoms with van der Waals surface area (Å²) >= 11 is 0. The number of benzene rings is 2. The van der Waals surface area contributed by atoms with Gasteiger partial charge in [-0.2, -0.15) is 5.26 Å². The molecule has 6 heteroatoms. The number of fused-ring (bicyclic) bond motifs is 1. The van der Waals surface area contributed by atoms with Gasteiger partial charge in [-0.05, 0) is 30.3 Å². The van der Waals surface area contributed by atoms with E-state index in [9.17, 15) is 10.1 Å². The molecule has 3 aromatic rings. The van der Waals surface area contributed by atoms with Crippen molar-refractivity contribution in [1.29, 1.82) is 5.26 Å². The van der Waals surface area contributed by atoms with Gasteiger partial charge in [0, 0.05) is 0 Å². The number of carboxylic acid groups (broad SMARTS) is 1. The highest BCUT2D eigenvalue weighted by molar-refractivity contribution is 5.88. The molecule has 0 aliphatic heterocycles. The Morgan fingerprint density at radius 3 is 2.80 bits per heavy atom. The number of hydrogen-bond donors (Lipinski definition) is 1. The van der Waals surface area contributed by atoms with E-state index in [2.05, 4.69) is 10.3 Å². The second-order valence-corrected chi connectivity index (χ2v) is 4.14. The highest BCUT2D eigenvalue weighted by Gasteiger charge is 2.13. The maximum atomic E-state index is 10.9. The monoisotopic (exact) mass is 264 g/mol. The molecular weight excluding hydrogens is 256 g/mol. The van der Waals surface area contributed by atoms with Crippen LogP contribution in [0.4, 0.5) is 0 Å². The largest absolute Gasteiger partial charge is 0.478 e. The molecule has 0 saturated carbocycles. The van der Waals surface area contributed by atoms with Crippen LogP contribution in [0.25, 0.3) is 16.7 Å². The third kappa shape index (κ3) is 1.78. The molecule has 0 amide bonds. The van der Waals surface area contributed by atoms with Gasteiger partial charge in [-0.1, -0.05) is 17.3 Å². The standard InChI is InChI=1S/C14H8N4O2/c15-8-10-7-9(14(19)20)5-6-12(10)18-13-4-2-1-3-11(13)16-17-18/h1-7H,(H,19,20). The fourth-order valence-electron chi connectivity index (χ4n) is 1.99. The zero-order chi connectivity index (χ0) is 14.1. The van der Waals surface area contributed by atoms with Crippen LogP contribution in [-0.4, -0.2) is 26.1 Å². The van der Waals surface area contributed by atoms with E-state index < -0.39 is 5.97 Å². The van der Waals surface area contributed by atoms with Gasteiger partial charge in [0.2, 0.25) is 0 Å². The lowest BCUT2D eigenvalue weighted by atomic mass is 10.1. The number of rotatable bonds is 2. The predicted octanol–water partition coefficient (Wildman–Crippen LogP) is 1.99. The van der Waals surface area contributed by atoms with Crippen LogP contribution in [0, 0.1) is 11.3 Å².